The van der Waals surface area contributed by atoms with Gasteiger partial charge in [-0.25, -0.2) is 8.42 Å². The number of nitrogens with zero attached hydrogens (tertiary/aromatic N) is 1. The van der Waals surface area contributed by atoms with Crippen LogP contribution in [0.3, 0.4) is 0 Å². The summed E-state index contributed by atoms with van der Waals surface area (Å²) < 4.78 is 30.4. The molecule has 0 fully saturated rings. The Morgan fingerprint density at radius 3 is 2.61 bits per heavy atom. The molecule has 0 saturated heterocycles. The van der Waals surface area contributed by atoms with Crippen molar-refractivity contribution in [2.75, 3.05) is 27.3 Å². The van der Waals surface area contributed by atoms with Gasteiger partial charge in [-0.15, -0.1) is 0 Å². The van der Waals surface area contributed by atoms with Crippen LogP contribution < -0.4 is 5.73 Å². The summed E-state index contributed by atoms with van der Waals surface area (Å²) in [6.07, 6.45) is 0. The average molecular weight is 293 g/mol. The number of methoxy groups -OCH3 is 1. The van der Waals surface area contributed by atoms with E-state index in [0.29, 0.717) is 11.6 Å². The average Bonchev–Trinajstić information content (AvgIpc) is 2.35. The highest BCUT2D eigenvalue weighted by Crippen LogP contribution is 2.22. The van der Waals surface area contributed by atoms with Gasteiger partial charge in [0.15, 0.2) is 0 Å². The van der Waals surface area contributed by atoms with Crippen molar-refractivity contribution in [3.63, 3.8) is 0 Å². The molecule has 0 heterocycles. The minimum Gasteiger partial charge on any atom is -0.383 e. The zero-order valence-corrected chi connectivity index (χ0v) is 12.0. The van der Waals surface area contributed by atoms with Gasteiger partial charge in [-0.05, 0) is 17.7 Å². The number of hydrogen-bond acceptors (Lipinski definition) is 4. The fourth-order valence-electron chi connectivity index (χ4n) is 1.37. The van der Waals surface area contributed by atoms with E-state index in [1.54, 1.807) is 6.07 Å². The van der Waals surface area contributed by atoms with Crippen LogP contribution in [0.2, 0.25) is 5.02 Å². The number of nitrogens with two attached hydrogens (primary N) is 1. The Labute approximate surface area is 113 Å². The lowest BCUT2D eigenvalue weighted by Crippen LogP contribution is -2.30. The van der Waals surface area contributed by atoms with Crippen LogP contribution in [0.1, 0.15) is 5.56 Å². The summed E-state index contributed by atoms with van der Waals surface area (Å²) in [5.41, 5.74) is 6.19. The molecule has 7 heteroatoms. The molecule has 0 bridgehead atoms. The molecule has 0 radical (unpaired) electrons. The summed E-state index contributed by atoms with van der Waals surface area (Å²) in [5, 5.41) is 0.360. The second kappa shape index (κ2) is 6.49. The van der Waals surface area contributed by atoms with E-state index in [4.69, 9.17) is 22.1 Å². The first-order chi connectivity index (χ1) is 8.43. The van der Waals surface area contributed by atoms with Crippen LogP contribution in [0.25, 0.3) is 0 Å². The molecule has 0 aliphatic carbocycles. The lowest BCUT2D eigenvalue weighted by molar-refractivity contribution is 0.185. The van der Waals surface area contributed by atoms with Gasteiger partial charge in [-0.3, -0.25) is 0 Å². The van der Waals surface area contributed by atoms with Crippen LogP contribution >= 0.6 is 11.6 Å². The van der Waals surface area contributed by atoms with E-state index in [0.717, 1.165) is 5.56 Å². The Bertz CT molecular complexity index is 505. The fraction of sp³-hybridized carbons (Fsp3) is 0.455. The molecule has 0 aliphatic heterocycles. The molecule has 0 unspecified atom stereocenters. The fourth-order valence-corrected chi connectivity index (χ4v) is 2.88. The molecule has 1 aromatic carbocycles. The van der Waals surface area contributed by atoms with Gasteiger partial charge >= 0.3 is 0 Å². The van der Waals surface area contributed by atoms with Crippen molar-refractivity contribution in [1.29, 1.82) is 0 Å². The maximum atomic E-state index is 12.2. The van der Waals surface area contributed by atoms with Crippen molar-refractivity contribution >= 4 is 21.6 Å². The SMILES string of the molecule is COCCN(C)S(=O)(=O)c1ccc(CN)c(Cl)c1. The van der Waals surface area contributed by atoms with Crippen LogP contribution in [-0.2, 0) is 21.3 Å². The zero-order valence-electron chi connectivity index (χ0n) is 10.4. The summed E-state index contributed by atoms with van der Waals surface area (Å²) in [5.74, 6) is 0. The molecular weight excluding hydrogens is 276 g/mol. The molecule has 0 spiro atoms. The maximum absolute atomic E-state index is 12.2. The summed E-state index contributed by atoms with van der Waals surface area (Å²) in [4.78, 5) is 0.156. The van der Waals surface area contributed by atoms with Crippen molar-refractivity contribution in [2.24, 2.45) is 5.73 Å². The molecule has 0 saturated carbocycles. The van der Waals surface area contributed by atoms with Crippen molar-refractivity contribution in [3.05, 3.63) is 28.8 Å². The minimum absolute atomic E-state index is 0.156. The predicted molar refractivity (Wildman–Crippen MR) is 71.0 cm³/mol. The van der Waals surface area contributed by atoms with Crippen molar-refractivity contribution in [2.45, 2.75) is 11.4 Å². The van der Waals surface area contributed by atoms with Crippen molar-refractivity contribution in [3.8, 4) is 0 Å². The second-order valence-corrected chi connectivity index (χ2v) is 6.23. The molecule has 18 heavy (non-hydrogen) atoms. The lowest BCUT2D eigenvalue weighted by Gasteiger charge is -2.17. The Morgan fingerprint density at radius 2 is 2.11 bits per heavy atom. The smallest absolute Gasteiger partial charge is 0.242 e. The quantitative estimate of drug-likeness (QED) is 0.851. The highest BCUT2D eigenvalue weighted by molar-refractivity contribution is 7.89. The van der Waals surface area contributed by atoms with Crippen LogP contribution in [-0.4, -0.2) is 40.0 Å². The Balaban J connectivity index is 3.01. The van der Waals surface area contributed by atoms with Gasteiger partial charge in [-0.1, -0.05) is 17.7 Å². The molecule has 1 aromatic rings. The number of benzene rings is 1. The largest absolute Gasteiger partial charge is 0.383 e. The number of hydrogen-bond donors (Lipinski definition) is 1. The van der Waals surface area contributed by atoms with E-state index in [1.165, 1.54) is 30.6 Å². The molecule has 0 aliphatic rings. The molecule has 5 nitrogen and oxygen atoms in total. The monoisotopic (exact) mass is 292 g/mol. The van der Waals surface area contributed by atoms with E-state index in [1.807, 2.05) is 0 Å². The van der Waals surface area contributed by atoms with Gasteiger partial charge in [0.2, 0.25) is 10.0 Å². The van der Waals surface area contributed by atoms with Crippen molar-refractivity contribution in [1.82, 2.24) is 4.31 Å². The normalized spacial score (nSPS) is 12.1. The van der Waals surface area contributed by atoms with Crippen LogP contribution in [0.5, 0.6) is 0 Å². The highest BCUT2D eigenvalue weighted by atomic mass is 35.5. The van der Waals surface area contributed by atoms with Gasteiger partial charge < -0.3 is 10.5 Å². The van der Waals surface area contributed by atoms with Gasteiger partial charge in [0.1, 0.15) is 0 Å². The van der Waals surface area contributed by atoms with E-state index in [-0.39, 0.29) is 18.0 Å². The molecule has 102 valence electrons. The number of likely N-dealkylation sites (N-methyl/N-ethyl adjacent to an activating group) is 1. The van der Waals surface area contributed by atoms with E-state index in [2.05, 4.69) is 0 Å². The van der Waals surface area contributed by atoms with Gasteiger partial charge in [0.25, 0.3) is 0 Å². The number of halogens is 1. The third kappa shape index (κ3) is 3.43. The lowest BCUT2D eigenvalue weighted by atomic mass is 10.2. The van der Waals surface area contributed by atoms with E-state index >= 15 is 0 Å². The molecule has 0 aromatic heterocycles. The Kier molecular flexibility index (Phi) is 5.55. The number of rotatable bonds is 6. The Hall–Kier alpha value is -0.660. The number of ether oxygens (including phenoxy) is 1. The molecular formula is C11H17ClN2O3S. The van der Waals surface area contributed by atoms with Crippen LogP contribution in [0.15, 0.2) is 23.1 Å². The third-order valence-electron chi connectivity index (χ3n) is 2.56. The van der Waals surface area contributed by atoms with Crippen LogP contribution in [0, 0.1) is 0 Å². The van der Waals surface area contributed by atoms with Crippen LogP contribution in [0.4, 0.5) is 0 Å². The summed E-state index contributed by atoms with van der Waals surface area (Å²) in [6.45, 7) is 0.901. The van der Waals surface area contributed by atoms with Gasteiger partial charge in [0, 0.05) is 32.3 Å². The Morgan fingerprint density at radius 1 is 1.44 bits per heavy atom. The second-order valence-electron chi connectivity index (χ2n) is 3.78. The van der Waals surface area contributed by atoms with E-state index in [9.17, 15) is 8.42 Å². The topological polar surface area (TPSA) is 72.6 Å². The highest BCUT2D eigenvalue weighted by Gasteiger charge is 2.21. The first-order valence-electron chi connectivity index (χ1n) is 5.37. The molecule has 2 N–H and O–H groups in total. The third-order valence-corrected chi connectivity index (χ3v) is 4.77. The maximum Gasteiger partial charge on any atom is 0.242 e. The molecule has 0 atom stereocenters. The summed E-state index contributed by atoms with van der Waals surface area (Å²) in [6, 6.07) is 4.55. The van der Waals surface area contributed by atoms with Gasteiger partial charge in [0.05, 0.1) is 11.5 Å². The van der Waals surface area contributed by atoms with Crippen molar-refractivity contribution < 1.29 is 13.2 Å². The van der Waals surface area contributed by atoms with Gasteiger partial charge in [-0.2, -0.15) is 4.31 Å². The minimum atomic E-state index is -3.53. The predicted octanol–water partition coefficient (Wildman–Crippen LogP) is 1.07. The first kappa shape index (κ1) is 15.4. The summed E-state index contributed by atoms with van der Waals surface area (Å²) >= 11 is 5.96. The number of sulfonamides is 1. The first-order valence-corrected chi connectivity index (χ1v) is 7.19. The standard InChI is InChI=1S/C11H17ClN2O3S/c1-14(5-6-17-2)18(15,16)10-4-3-9(8-13)11(12)7-10/h3-4,7H,5-6,8,13H2,1-2H3. The summed E-state index contributed by atoms with van der Waals surface area (Å²) in [7, 11) is -0.510. The molecule has 0 amide bonds. The molecule has 1 rings (SSSR count). The zero-order chi connectivity index (χ0) is 13.8. The van der Waals surface area contributed by atoms with E-state index < -0.39 is 10.0 Å².